The lowest BCUT2D eigenvalue weighted by Crippen LogP contribution is -2.49. The average Bonchev–Trinajstić information content (AvgIpc) is 2.55. The summed E-state index contributed by atoms with van der Waals surface area (Å²) in [6, 6.07) is 10.9. The zero-order chi connectivity index (χ0) is 18.5. The van der Waals surface area contributed by atoms with Crippen LogP contribution in [0.3, 0.4) is 0 Å². The van der Waals surface area contributed by atoms with Gasteiger partial charge in [0.25, 0.3) is 0 Å². The molecule has 0 saturated heterocycles. The molecule has 0 unspecified atom stereocenters. The Hall–Kier alpha value is -2.15. The third kappa shape index (κ3) is 5.16. The van der Waals surface area contributed by atoms with Crippen molar-refractivity contribution in [2.24, 2.45) is 0 Å². The fourth-order valence-electron chi connectivity index (χ4n) is 2.27. The molecular formula is C18H18F5NO. The Kier molecular flexibility index (Phi) is 6.00. The quantitative estimate of drug-likeness (QED) is 0.704. The van der Waals surface area contributed by atoms with Crippen molar-refractivity contribution < 1.29 is 26.7 Å². The standard InChI is InChI=1S/C18H18F5NO/c1-25-16-7-5-13(6-8-16)11-24-12-18(22,23)17(20,21)10-14-3-2-4-15(19)9-14/h2-9,24H,10-12H2,1H3. The second-order valence-electron chi connectivity index (χ2n) is 5.67. The van der Waals surface area contributed by atoms with Crippen LogP contribution in [0.25, 0.3) is 0 Å². The second-order valence-corrected chi connectivity index (χ2v) is 5.67. The minimum atomic E-state index is -4.30. The molecule has 136 valence electrons. The van der Waals surface area contributed by atoms with Crippen LogP contribution in [0.4, 0.5) is 22.0 Å². The molecule has 0 heterocycles. The van der Waals surface area contributed by atoms with Crippen molar-refractivity contribution in [2.75, 3.05) is 13.7 Å². The first-order valence-corrected chi connectivity index (χ1v) is 7.57. The Morgan fingerprint density at radius 3 is 2.20 bits per heavy atom. The summed E-state index contributed by atoms with van der Waals surface area (Å²) in [5.74, 6) is -8.70. The third-order valence-electron chi connectivity index (χ3n) is 3.69. The molecule has 2 aromatic rings. The highest BCUT2D eigenvalue weighted by Crippen LogP contribution is 2.36. The van der Waals surface area contributed by atoms with Gasteiger partial charge >= 0.3 is 11.8 Å². The normalized spacial score (nSPS) is 12.2. The highest BCUT2D eigenvalue weighted by molar-refractivity contribution is 5.27. The number of nitrogens with one attached hydrogen (secondary N) is 1. The van der Waals surface area contributed by atoms with Crippen molar-refractivity contribution in [3.8, 4) is 5.75 Å². The van der Waals surface area contributed by atoms with Crippen LogP contribution in [-0.4, -0.2) is 25.5 Å². The molecule has 0 atom stereocenters. The van der Waals surface area contributed by atoms with Crippen molar-refractivity contribution >= 4 is 0 Å². The van der Waals surface area contributed by atoms with Gasteiger partial charge in [0.2, 0.25) is 0 Å². The Labute approximate surface area is 142 Å². The highest BCUT2D eigenvalue weighted by atomic mass is 19.3. The maximum atomic E-state index is 13.9. The van der Waals surface area contributed by atoms with Gasteiger partial charge in [-0.3, -0.25) is 0 Å². The molecule has 2 nitrogen and oxygen atoms in total. The van der Waals surface area contributed by atoms with E-state index in [4.69, 9.17) is 4.74 Å². The van der Waals surface area contributed by atoms with Gasteiger partial charge in [0.15, 0.2) is 0 Å². The van der Waals surface area contributed by atoms with Gasteiger partial charge in [-0.05, 0) is 35.4 Å². The molecule has 0 bridgehead atoms. The lowest BCUT2D eigenvalue weighted by atomic mass is 10.0. The van der Waals surface area contributed by atoms with Gasteiger partial charge in [-0.2, -0.15) is 17.6 Å². The minimum Gasteiger partial charge on any atom is -0.497 e. The van der Waals surface area contributed by atoms with E-state index in [0.29, 0.717) is 11.3 Å². The minimum absolute atomic E-state index is 0.00955. The second kappa shape index (κ2) is 7.82. The number of halogens is 5. The van der Waals surface area contributed by atoms with E-state index in [0.717, 1.165) is 12.1 Å². The molecule has 0 aromatic heterocycles. The van der Waals surface area contributed by atoms with Gasteiger partial charge in [0, 0.05) is 13.0 Å². The zero-order valence-electron chi connectivity index (χ0n) is 13.5. The summed E-state index contributed by atoms with van der Waals surface area (Å²) in [7, 11) is 1.49. The molecule has 0 aliphatic carbocycles. The molecule has 1 N–H and O–H groups in total. The summed E-state index contributed by atoms with van der Waals surface area (Å²) in [6.07, 6.45) is -1.23. The van der Waals surface area contributed by atoms with E-state index in [-0.39, 0.29) is 12.1 Å². The number of benzene rings is 2. The molecule has 0 fully saturated rings. The monoisotopic (exact) mass is 359 g/mol. The molecule has 0 aliphatic heterocycles. The van der Waals surface area contributed by atoms with E-state index >= 15 is 0 Å². The summed E-state index contributed by atoms with van der Waals surface area (Å²) in [4.78, 5) is 0. The molecule has 0 spiro atoms. The van der Waals surface area contributed by atoms with Gasteiger partial charge in [-0.15, -0.1) is 0 Å². The van der Waals surface area contributed by atoms with Gasteiger partial charge < -0.3 is 10.1 Å². The van der Waals surface area contributed by atoms with E-state index in [9.17, 15) is 22.0 Å². The molecule has 0 saturated carbocycles. The van der Waals surface area contributed by atoms with Crippen molar-refractivity contribution in [1.29, 1.82) is 0 Å². The van der Waals surface area contributed by atoms with Crippen LogP contribution < -0.4 is 10.1 Å². The molecule has 2 rings (SSSR count). The smallest absolute Gasteiger partial charge is 0.322 e. The van der Waals surface area contributed by atoms with E-state index in [1.807, 2.05) is 0 Å². The Balaban J connectivity index is 1.93. The molecule has 0 amide bonds. The van der Waals surface area contributed by atoms with Crippen molar-refractivity contribution in [1.82, 2.24) is 5.32 Å². The third-order valence-corrected chi connectivity index (χ3v) is 3.69. The number of rotatable bonds is 8. The first-order valence-electron chi connectivity index (χ1n) is 7.57. The van der Waals surface area contributed by atoms with Crippen LogP contribution >= 0.6 is 0 Å². The zero-order valence-corrected chi connectivity index (χ0v) is 13.5. The topological polar surface area (TPSA) is 21.3 Å². The first-order chi connectivity index (χ1) is 11.7. The first kappa shape index (κ1) is 19.2. The van der Waals surface area contributed by atoms with Crippen LogP contribution in [0.5, 0.6) is 5.75 Å². The number of hydrogen-bond donors (Lipinski definition) is 1. The van der Waals surface area contributed by atoms with Crippen LogP contribution in [0, 0.1) is 5.82 Å². The Morgan fingerprint density at radius 1 is 0.920 bits per heavy atom. The highest BCUT2D eigenvalue weighted by Gasteiger charge is 2.55. The summed E-state index contributed by atoms with van der Waals surface area (Å²) < 4.78 is 73.6. The largest absolute Gasteiger partial charge is 0.497 e. The summed E-state index contributed by atoms with van der Waals surface area (Å²) in [6.45, 7) is -1.18. The predicted octanol–water partition coefficient (Wildman–Crippen LogP) is 4.44. The number of hydrogen-bond acceptors (Lipinski definition) is 2. The number of methoxy groups -OCH3 is 1. The lowest BCUT2D eigenvalue weighted by molar-refractivity contribution is -0.204. The van der Waals surface area contributed by atoms with Gasteiger partial charge in [-0.1, -0.05) is 24.3 Å². The number of alkyl halides is 4. The van der Waals surface area contributed by atoms with Crippen molar-refractivity contribution in [2.45, 2.75) is 24.8 Å². The van der Waals surface area contributed by atoms with Crippen LogP contribution in [0.2, 0.25) is 0 Å². The predicted molar refractivity (Wildman–Crippen MR) is 84.7 cm³/mol. The van der Waals surface area contributed by atoms with Gasteiger partial charge in [0.1, 0.15) is 11.6 Å². The lowest BCUT2D eigenvalue weighted by Gasteiger charge is -2.27. The van der Waals surface area contributed by atoms with Crippen molar-refractivity contribution in [3.05, 3.63) is 65.5 Å². The summed E-state index contributed by atoms with van der Waals surface area (Å²) in [5.41, 5.74) is 0.477. The molecule has 2 aromatic carbocycles. The van der Waals surface area contributed by atoms with Crippen molar-refractivity contribution in [3.63, 3.8) is 0 Å². The van der Waals surface area contributed by atoms with Gasteiger partial charge in [0.05, 0.1) is 13.7 Å². The average molecular weight is 359 g/mol. The van der Waals surface area contributed by atoms with E-state index in [1.54, 1.807) is 24.3 Å². The fraction of sp³-hybridized carbons (Fsp3) is 0.333. The molecule has 0 aliphatic rings. The van der Waals surface area contributed by atoms with Crippen LogP contribution in [-0.2, 0) is 13.0 Å². The molecular weight excluding hydrogens is 341 g/mol. The maximum Gasteiger partial charge on any atom is 0.322 e. The molecule has 0 radical (unpaired) electrons. The van der Waals surface area contributed by atoms with E-state index in [2.05, 4.69) is 5.32 Å². The van der Waals surface area contributed by atoms with Crippen LogP contribution in [0.15, 0.2) is 48.5 Å². The van der Waals surface area contributed by atoms with Gasteiger partial charge in [-0.25, -0.2) is 4.39 Å². The molecule has 25 heavy (non-hydrogen) atoms. The fourth-order valence-corrected chi connectivity index (χ4v) is 2.27. The molecule has 7 heteroatoms. The summed E-state index contributed by atoms with van der Waals surface area (Å²) >= 11 is 0. The van der Waals surface area contributed by atoms with E-state index < -0.39 is 30.6 Å². The van der Waals surface area contributed by atoms with Crippen LogP contribution in [0.1, 0.15) is 11.1 Å². The Morgan fingerprint density at radius 2 is 1.60 bits per heavy atom. The summed E-state index contributed by atoms with van der Waals surface area (Å²) in [5, 5.41) is 2.34. The SMILES string of the molecule is COc1ccc(CNCC(F)(F)C(F)(F)Cc2cccc(F)c2)cc1. The maximum absolute atomic E-state index is 13.9. The van der Waals surface area contributed by atoms with E-state index in [1.165, 1.54) is 19.2 Å². The Bertz CT molecular complexity index is 688. The number of ether oxygens (including phenoxy) is 1.